The van der Waals surface area contributed by atoms with Crippen molar-refractivity contribution in [2.45, 2.75) is 13.3 Å². The molecule has 0 unspecified atom stereocenters. The zero-order valence-corrected chi connectivity index (χ0v) is 12.9. The largest absolute Gasteiger partial charge is 0.356 e. The number of hydrogen-bond acceptors (Lipinski definition) is 1. The predicted molar refractivity (Wildman–Crippen MR) is 80.0 cm³/mol. The number of amides is 1. The molecule has 3 nitrogen and oxygen atoms in total. The number of aryl methyl sites for hydroxylation is 1. The Morgan fingerprint density at radius 3 is 2.67 bits per heavy atom. The third-order valence-electron chi connectivity index (χ3n) is 2.59. The topological polar surface area (TPSA) is 44.9 Å². The van der Waals surface area contributed by atoms with Gasteiger partial charge in [0.25, 0.3) is 5.91 Å². The van der Waals surface area contributed by atoms with Crippen LogP contribution in [0.4, 0.5) is 5.69 Å². The van der Waals surface area contributed by atoms with Gasteiger partial charge < -0.3 is 10.3 Å². The van der Waals surface area contributed by atoms with Crippen molar-refractivity contribution in [3.05, 3.63) is 50.7 Å². The molecule has 0 spiro atoms. The van der Waals surface area contributed by atoms with Crippen LogP contribution in [-0.4, -0.2) is 10.9 Å². The molecule has 0 saturated carbocycles. The third kappa shape index (κ3) is 3.03. The van der Waals surface area contributed by atoms with Crippen molar-refractivity contribution < 1.29 is 4.79 Å². The first kappa shape index (κ1) is 13.4. The molecule has 2 N–H and O–H groups in total. The highest BCUT2D eigenvalue weighted by Gasteiger charge is 2.10. The van der Waals surface area contributed by atoms with Crippen LogP contribution < -0.4 is 5.32 Å². The molecule has 1 aromatic heterocycles. The molecule has 1 heterocycles. The van der Waals surface area contributed by atoms with E-state index in [9.17, 15) is 4.79 Å². The summed E-state index contributed by atoms with van der Waals surface area (Å²) in [6, 6.07) is 7.58. The van der Waals surface area contributed by atoms with E-state index in [4.69, 9.17) is 0 Å². The number of aromatic amines is 1. The van der Waals surface area contributed by atoms with Crippen LogP contribution in [0.1, 0.15) is 23.0 Å². The number of H-pyrrole nitrogens is 1. The van der Waals surface area contributed by atoms with Gasteiger partial charge in [-0.25, -0.2) is 0 Å². The second kappa shape index (κ2) is 5.71. The Balaban J connectivity index is 2.21. The maximum absolute atomic E-state index is 12.0. The van der Waals surface area contributed by atoms with Gasteiger partial charge in [-0.2, -0.15) is 0 Å². The molecule has 0 saturated heterocycles. The first-order chi connectivity index (χ1) is 8.60. The molecule has 0 radical (unpaired) electrons. The number of hydrogen-bond donors (Lipinski definition) is 2. The molecule has 0 aliphatic rings. The Bertz CT molecular complexity index is 578. The first-order valence-corrected chi connectivity index (χ1v) is 7.12. The molecule has 1 aromatic carbocycles. The van der Waals surface area contributed by atoms with Crippen molar-refractivity contribution >= 4 is 43.5 Å². The molecular weight excluding hydrogens is 360 g/mol. The molecule has 0 atom stereocenters. The van der Waals surface area contributed by atoms with E-state index in [1.165, 1.54) is 0 Å². The predicted octanol–water partition coefficient (Wildman–Crippen LogP) is 4.35. The van der Waals surface area contributed by atoms with Gasteiger partial charge in [-0.15, -0.1) is 0 Å². The Kier molecular flexibility index (Phi) is 4.24. The second-order valence-electron chi connectivity index (χ2n) is 3.84. The summed E-state index contributed by atoms with van der Waals surface area (Å²) in [5.41, 5.74) is 2.48. The summed E-state index contributed by atoms with van der Waals surface area (Å²) in [4.78, 5) is 14.9. The summed E-state index contributed by atoms with van der Waals surface area (Å²) in [7, 11) is 0. The zero-order chi connectivity index (χ0) is 13.1. The Morgan fingerprint density at radius 1 is 1.28 bits per heavy atom. The van der Waals surface area contributed by atoms with Crippen LogP contribution in [0.3, 0.4) is 0 Å². The fourth-order valence-electron chi connectivity index (χ4n) is 1.67. The highest BCUT2D eigenvalue weighted by Crippen LogP contribution is 2.22. The number of halogens is 2. The third-order valence-corrected chi connectivity index (χ3v) is 3.54. The lowest BCUT2D eigenvalue weighted by atomic mass is 10.1. The maximum atomic E-state index is 12.0. The quantitative estimate of drug-likeness (QED) is 0.827. The van der Waals surface area contributed by atoms with Gasteiger partial charge in [-0.1, -0.05) is 22.9 Å². The van der Waals surface area contributed by atoms with Crippen LogP contribution >= 0.6 is 31.9 Å². The van der Waals surface area contributed by atoms with E-state index in [2.05, 4.69) is 49.1 Å². The molecule has 18 heavy (non-hydrogen) atoms. The van der Waals surface area contributed by atoms with Crippen molar-refractivity contribution in [3.63, 3.8) is 0 Å². The fraction of sp³-hybridized carbons (Fsp3) is 0.154. The Hall–Kier alpha value is -1.07. The number of nitrogens with one attached hydrogen (secondary N) is 2. The molecule has 2 rings (SSSR count). The lowest BCUT2D eigenvalue weighted by Gasteiger charge is -2.09. The van der Waals surface area contributed by atoms with Gasteiger partial charge in [0.1, 0.15) is 5.69 Å². The molecule has 0 aliphatic heterocycles. The van der Waals surface area contributed by atoms with E-state index >= 15 is 0 Å². The molecule has 5 heteroatoms. The minimum atomic E-state index is -0.141. The van der Waals surface area contributed by atoms with Gasteiger partial charge in [0.2, 0.25) is 0 Å². The summed E-state index contributed by atoms with van der Waals surface area (Å²) in [6.07, 6.45) is 2.60. The molecule has 2 aromatic rings. The molecule has 1 amide bonds. The smallest absolute Gasteiger partial charge is 0.272 e. The molecule has 0 aliphatic carbocycles. The number of benzene rings is 1. The van der Waals surface area contributed by atoms with Gasteiger partial charge >= 0.3 is 0 Å². The standard InChI is InChI=1S/C13H12Br2N2O/c1-2-8-5-9(14)3-4-11(8)17-13(18)12-6-10(15)7-16-12/h3-7,16H,2H2,1H3,(H,17,18). The molecular formula is C13H12Br2N2O. The van der Waals surface area contributed by atoms with E-state index in [1.54, 1.807) is 12.3 Å². The van der Waals surface area contributed by atoms with Gasteiger partial charge in [-0.3, -0.25) is 4.79 Å². The monoisotopic (exact) mass is 370 g/mol. The van der Waals surface area contributed by atoms with Crippen LogP contribution in [0, 0.1) is 0 Å². The van der Waals surface area contributed by atoms with Crippen LogP contribution in [-0.2, 0) is 6.42 Å². The van der Waals surface area contributed by atoms with Crippen molar-refractivity contribution in [2.24, 2.45) is 0 Å². The van der Waals surface area contributed by atoms with E-state index in [0.29, 0.717) is 5.69 Å². The number of carbonyl (C=O) groups is 1. The van der Waals surface area contributed by atoms with Crippen molar-refractivity contribution in [1.82, 2.24) is 4.98 Å². The second-order valence-corrected chi connectivity index (χ2v) is 5.67. The average Bonchev–Trinajstić information content (AvgIpc) is 2.78. The first-order valence-electron chi connectivity index (χ1n) is 5.54. The summed E-state index contributed by atoms with van der Waals surface area (Å²) in [5.74, 6) is -0.141. The number of anilines is 1. The number of aromatic nitrogens is 1. The van der Waals surface area contributed by atoms with Crippen LogP contribution in [0.15, 0.2) is 39.4 Å². The fourth-order valence-corrected chi connectivity index (χ4v) is 2.42. The lowest BCUT2D eigenvalue weighted by molar-refractivity contribution is 0.102. The van der Waals surface area contributed by atoms with E-state index in [1.807, 2.05) is 18.2 Å². The van der Waals surface area contributed by atoms with Crippen LogP contribution in [0.5, 0.6) is 0 Å². The molecule has 0 fully saturated rings. The van der Waals surface area contributed by atoms with Gasteiger partial charge in [0.05, 0.1) is 0 Å². The van der Waals surface area contributed by atoms with Gasteiger partial charge in [0.15, 0.2) is 0 Å². The number of carbonyl (C=O) groups excluding carboxylic acids is 1. The zero-order valence-electron chi connectivity index (χ0n) is 9.76. The highest BCUT2D eigenvalue weighted by molar-refractivity contribution is 9.10. The van der Waals surface area contributed by atoms with E-state index in [0.717, 1.165) is 26.6 Å². The van der Waals surface area contributed by atoms with Gasteiger partial charge in [0, 0.05) is 20.8 Å². The van der Waals surface area contributed by atoms with Crippen molar-refractivity contribution in [2.75, 3.05) is 5.32 Å². The van der Waals surface area contributed by atoms with Crippen molar-refractivity contribution in [1.29, 1.82) is 0 Å². The van der Waals surface area contributed by atoms with E-state index in [-0.39, 0.29) is 5.91 Å². The van der Waals surface area contributed by atoms with Gasteiger partial charge in [-0.05, 0) is 52.2 Å². The average molecular weight is 372 g/mol. The van der Waals surface area contributed by atoms with Crippen LogP contribution in [0.25, 0.3) is 0 Å². The summed E-state index contributed by atoms with van der Waals surface area (Å²) in [6.45, 7) is 2.06. The molecule has 0 bridgehead atoms. The normalized spacial score (nSPS) is 10.4. The summed E-state index contributed by atoms with van der Waals surface area (Å²) in [5, 5.41) is 2.91. The summed E-state index contributed by atoms with van der Waals surface area (Å²) >= 11 is 6.73. The van der Waals surface area contributed by atoms with Crippen molar-refractivity contribution in [3.8, 4) is 0 Å². The van der Waals surface area contributed by atoms with Crippen LogP contribution in [0.2, 0.25) is 0 Å². The lowest BCUT2D eigenvalue weighted by Crippen LogP contribution is -2.13. The highest BCUT2D eigenvalue weighted by atomic mass is 79.9. The minimum absolute atomic E-state index is 0.141. The minimum Gasteiger partial charge on any atom is -0.356 e. The van der Waals surface area contributed by atoms with E-state index < -0.39 is 0 Å². The maximum Gasteiger partial charge on any atom is 0.272 e. The summed E-state index contributed by atoms with van der Waals surface area (Å²) < 4.78 is 1.87. The SMILES string of the molecule is CCc1cc(Br)ccc1NC(=O)c1cc(Br)c[nH]1. The Labute approximate surface area is 122 Å². The Morgan fingerprint density at radius 2 is 2.06 bits per heavy atom. The number of rotatable bonds is 3. The molecule has 94 valence electrons.